The lowest BCUT2D eigenvalue weighted by Gasteiger charge is -2.15. The van der Waals surface area contributed by atoms with E-state index in [4.69, 9.17) is 4.66 Å². The standard InChI is InChI=1S/C21H25N.ClHO/c1-21(2,3)15-8-5-9-16-22(4)17-19-13-10-12-18-11-6-7-14-20(18)19;1-2/h5-7,9-14H,16-17H2,1-4H3;2H. The van der Waals surface area contributed by atoms with Crippen molar-refractivity contribution in [2.45, 2.75) is 27.3 Å². The summed E-state index contributed by atoms with van der Waals surface area (Å²) < 4.78 is 6.47. The van der Waals surface area contributed by atoms with Gasteiger partial charge in [0.2, 0.25) is 0 Å². The molecule has 0 heterocycles. The predicted octanol–water partition coefficient (Wildman–Crippen LogP) is 5.01. The quantitative estimate of drug-likeness (QED) is 0.789. The first-order valence-electron chi connectivity index (χ1n) is 7.95. The number of fused-ring (bicyclic) bond motifs is 1. The number of halogens is 1. The second-order valence-corrected chi connectivity index (χ2v) is 6.76. The molecule has 0 saturated carbocycles. The van der Waals surface area contributed by atoms with E-state index in [0.29, 0.717) is 0 Å². The van der Waals surface area contributed by atoms with Gasteiger partial charge >= 0.3 is 0 Å². The summed E-state index contributed by atoms with van der Waals surface area (Å²) in [5, 5.41) is 2.65. The highest BCUT2D eigenvalue weighted by molar-refractivity contribution is 6.04. The minimum Gasteiger partial charge on any atom is -0.298 e. The van der Waals surface area contributed by atoms with Crippen molar-refractivity contribution in [2.75, 3.05) is 13.6 Å². The van der Waals surface area contributed by atoms with Crippen LogP contribution >= 0.6 is 11.9 Å². The molecule has 0 bridgehead atoms. The molecule has 2 aromatic rings. The first kappa shape index (κ1) is 20.3. The van der Waals surface area contributed by atoms with Gasteiger partial charge < -0.3 is 0 Å². The molecule has 1 N–H and O–H groups in total. The third kappa shape index (κ3) is 7.19. The molecule has 0 atom stereocenters. The Bertz CT molecular complexity index is 714. The molecule has 24 heavy (non-hydrogen) atoms. The summed E-state index contributed by atoms with van der Waals surface area (Å²) >= 11 is 3.64. The highest BCUT2D eigenvalue weighted by atomic mass is 35.5. The van der Waals surface area contributed by atoms with Crippen LogP contribution in [0.1, 0.15) is 26.3 Å². The molecule has 3 heteroatoms. The summed E-state index contributed by atoms with van der Waals surface area (Å²) in [6, 6.07) is 15.1. The summed E-state index contributed by atoms with van der Waals surface area (Å²) in [6.45, 7) is 8.22. The topological polar surface area (TPSA) is 23.5 Å². The molecule has 128 valence electrons. The summed E-state index contributed by atoms with van der Waals surface area (Å²) in [7, 11) is 2.14. The van der Waals surface area contributed by atoms with Gasteiger partial charge in [-0.2, -0.15) is 0 Å². The third-order valence-corrected chi connectivity index (χ3v) is 3.39. The molecule has 0 radical (unpaired) electrons. The van der Waals surface area contributed by atoms with Crippen LogP contribution in [-0.4, -0.2) is 23.2 Å². The maximum absolute atomic E-state index is 6.47. The van der Waals surface area contributed by atoms with Crippen LogP contribution in [0.3, 0.4) is 0 Å². The smallest absolute Gasteiger partial charge is 0.0579 e. The SMILES string of the molecule is CN(CC=CC#CC(C)(C)C)Cc1cccc2ccccc12.OCl. The zero-order chi connectivity index (χ0) is 18.0. The fourth-order valence-corrected chi connectivity index (χ4v) is 2.34. The molecule has 0 aliphatic carbocycles. The largest absolute Gasteiger partial charge is 0.298 e. The van der Waals surface area contributed by atoms with E-state index in [1.807, 2.05) is 6.08 Å². The first-order chi connectivity index (χ1) is 11.5. The number of benzene rings is 2. The molecule has 0 amide bonds. The van der Waals surface area contributed by atoms with E-state index in [0.717, 1.165) is 13.1 Å². The van der Waals surface area contributed by atoms with Crippen LogP contribution in [0, 0.1) is 17.3 Å². The van der Waals surface area contributed by atoms with Crippen molar-refractivity contribution in [3.8, 4) is 11.8 Å². The van der Waals surface area contributed by atoms with Crippen LogP contribution in [-0.2, 0) is 6.54 Å². The van der Waals surface area contributed by atoms with Gasteiger partial charge in [0.15, 0.2) is 0 Å². The van der Waals surface area contributed by atoms with Gasteiger partial charge in [-0.1, -0.05) is 60.4 Å². The average molecular weight is 344 g/mol. The molecule has 2 rings (SSSR count). The maximum Gasteiger partial charge on any atom is 0.0579 e. The molecule has 2 aromatic carbocycles. The van der Waals surface area contributed by atoms with Crippen LogP contribution in [0.2, 0.25) is 0 Å². The maximum atomic E-state index is 6.47. The van der Waals surface area contributed by atoms with Crippen molar-refractivity contribution < 1.29 is 4.66 Å². The highest BCUT2D eigenvalue weighted by Gasteiger charge is 2.03. The fourth-order valence-electron chi connectivity index (χ4n) is 2.34. The zero-order valence-electron chi connectivity index (χ0n) is 14.9. The first-order valence-corrected chi connectivity index (χ1v) is 8.29. The Balaban J connectivity index is 0.00000139. The Labute approximate surface area is 150 Å². The van der Waals surface area contributed by atoms with Crippen LogP contribution in [0.4, 0.5) is 0 Å². The molecular formula is C21H26ClNO. The number of hydrogen-bond donors (Lipinski definition) is 1. The Morgan fingerprint density at radius 3 is 2.46 bits per heavy atom. The van der Waals surface area contributed by atoms with Gasteiger partial charge in [0.05, 0.1) is 11.9 Å². The summed E-state index contributed by atoms with van der Waals surface area (Å²) in [5.41, 5.74) is 1.44. The van der Waals surface area contributed by atoms with Crippen LogP contribution in [0.15, 0.2) is 54.6 Å². The molecule has 0 saturated heterocycles. The molecule has 0 unspecified atom stereocenters. The normalized spacial score (nSPS) is 11.1. The van der Waals surface area contributed by atoms with E-state index in [9.17, 15) is 0 Å². The number of allylic oxidation sites excluding steroid dienone is 1. The third-order valence-electron chi connectivity index (χ3n) is 3.39. The Morgan fingerprint density at radius 2 is 1.75 bits per heavy atom. The van der Waals surface area contributed by atoms with Gasteiger partial charge in [0, 0.05) is 18.5 Å². The Kier molecular flexibility index (Phi) is 8.57. The van der Waals surface area contributed by atoms with Crippen molar-refractivity contribution in [1.29, 1.82) is 0 Å². The summed E-state index contributed by atoms with van der Waals surface area (Å²) in [5.74, 6) is 6.33. The van der Waals surface area contributed by atoms with E-state index in [-0.39, 0.29) is 5.41 Å². The van der Waals surface area contributed by atoms with Gasteiger partial charge in [0.25, 0.3) is 0 Å². The molecule has 0 aromatic heterocycles. The van der Waals surface area contributed by atoms with E-state index in [2.05, 4.69) is 105 Å². The monoisotopic (exact) mass is 343 g/mol. The fraction of sp³-hybridized carbons (Fsp3) is 0.333. The molecule has 2 nitrogen and oxygen atoms in total. The lowest BCUT2D eigenvalue weighted by Crippen LogP contribution is -2.17. The molecular weight excluding hydrogens is 318 g/mol. The Hall–Kier alpha value is -1.79. The second-order valence-electron chi connectivity index (χ2n) is 6.76. The van der Waals surface area contributed by atoms with Crippen LogP contribution in [0.25, 0.3) is 10.8 Å². The zero-order valence-corrected chi connectivity index (χ0v) is 15.6. The minimum atomic E-state index is 0.0686. The van der Waals surface area contributed by atoms with E-state index >= 15 is 0 Å². The number of rotatable bonds is 4. The Morgan fingerprint density at radius 1 is 1.08 bits per heavy atom. The summed E-state index contributed by atoms with van der Waals surface area (Å²) in [4.78, 5) is 2.30. The van der Waals surface area contributed by atoms with Crippen molar-refractivity contribution in [2.24, 2.45) is 5.41 Å². The second kappa shape index (κ2) is 10.2. The minimum absolute atomic E-state index is 0.0686. The van der Waals surface area contributed by atoms with Crippen LogP contribution in [0.5, 0.6) is 0 Å². The number of likely N-dealkylation sites (N-methyl/N-ethyl adjacent to an activating group) is 1. The van der Waals surface area contributed by atoms with Crippen molar-refractivity contribution in [3.63, 3.8) is 0 Å². The lowest BCUT2D eigenvalue weighted by atomic mass is 9.98. The van der Waals surface area contributed by atoms with E-state index in [1.54, 1.807) is 0 Å². The van der Waals surface area contributed by atoms with Gasteiger partial charge in [-0.15, -0.1) is 0 Å². The van der Waals surface area contributed by atoms with Crippen molar-refractivity contribution in [1.82, 2.24) is 4.90 Å². The predicted molar refractivity (Wildman–Crippen MR) is 105 cm³/mol. The number of hydrogen-bond acceptors (Lipinski definition) is 2. The molecule has 0 spiro atoms. The van der Waals surface area contributed by atoms with Crippen molar-refractivity contribution in [3.05, 3.63) is 60.2 Å². The highest BCUT2D eigenvalue weighted by Crippen LogP contribution is 2.19. The van der Waals surface area contributed by atoms with E-state index < -0.39 is 0 Å². The van der Waals surface area contributed by atoms with Crippen LogP contribution < -0.4 is 0 Å². The average Bonchev–Trinajstić information content (AvgIpc) is 2.56. The summed E-state index contributed by atoms with van der Waals surface area (Å²) in [6.07, 6.45) is 4.09. The molecule has 0 fully saturated rings. The van der Waals surface area contributed by atoms with E-state index in [1.165, 1.54) is 16.3 Å². The van der Waals surface area contributed by atoms with Gasteiger partial charge in [-0.25, -0.2) is 0 Å². The van der Waals surface area contributed by atoms with Gasteiger partial charge in [-0.3, -0.25) is 9.56 Å². The molecule has 0 aliphatic rings. The van der Waals surface area contributed by atoms with Gasteiger partial charge in [0.1, 0.15) is 0 Å². The van der Waals surface area contributed by atoms with Crippen molar-refractivity contribution >= 4 is 22.6 Å². The van der Waals surface area contributed by atoms with Gasteiger partial charge in [-0.05, 0) is 50.2 Å². The number of nitrogens with zero attached hydrogens (tertiary/aromatic N) is 1. The molecule has 0 aliphatic heterocycles. The lowest BCUT2D eigenvalue weighted by molar-refractivity contribution is 0.365.